The van der Waals surface area contributed by atoms with Crippen LogP contribution < -0.4 is 4.74 Å². The molecule has 0 radical (unpaired) electrons. The molecule has 29 heavy (non-hydrogen) atoms. The van der Waals surface area contributed by atoms with E-state index >= 15 is 0 Å². The molecule has 2 aromatic carbocycles. The topological polar surface area (TPSA) is 79.4 Å². The molecule has 5 heteroatoms. The Morgan fingerprint density at radius 1 is 1.17 bits per heavy atom. The van der Waals surface area contributed by atoms with E-state index in [4.69, 9.17) is 9.84 Å². The van der Waals surface area contributed by atoms with Crippen LogP contribution in [0.15, 0.2) is 42.6 Å². The number of benzene rings is 2. The summed E-state index contributed by atoms with van der Waals surface area (Å²) in [5, 5.41) is 9.88. The number of aliphatic carboxylic acids is 1. The van der Waals surface area contributed by atoms with Crippen molar-refractivity contribution in [2.24, 2.45) is 5.92 Å². The lowest BCUT2D eigenvalue weighted by Crippen LogP contribution is -2.09. The number of aryl methyl sites for hydroxylation is 1. The fourth-order valence-electron chi connectivity index (χ4n) is 4.13. The summed E-state index contributed by atoms with van der Waals surface area (Å²) in [5.74, 6) is 0.597. The van der Waals surface area contributed by atoms with Crippen LogP contribution in [0.3, 0.4) is 0 Å². The van der Waals surface area contributed by atoms with Crippen LogP contribution in [-0.4, -0.2) is 29.0 Å². The summed E-state index contributed by atoms with van der Waals surface area (Å²) >= 11 is 0. The Labute approximate surface area is 169 Å². The Morgan fingerprint density at radius 3 is 2.76 bits per heavy atom. The molecule has 1 fully saturated rings. The van der Waals surface area contributed by atoms with Crippen LogP contribution in [0.2, 0.25) is 0 Å². The van der Waals surface area contributed by atoms with E-state index in [1.165, 1.54) is 25.7 Å². The normalized spacial score (nSPS) is 14.3. The number of aromatic amines is 1. The van der Waals surface area contributed by atoms with Gasteiger partial charge in [-0.3, -0.25) is 9.59 Å². The second-order valence-corrected chi connectivity index (χ2v) is 7.81. The number of carboxylic acids is 1. The number of hydrogen-bond donors (Lipinski definition) is 2. The van der Waals surface area contributed by atoms with Gasteiger partial charge in [0.15, 0.2) is 6.29 Å². The first kappa shape index (κ1) is 19.2. The third-order valence-corrected chi connectivity index (χ3v) is 5.77. The number of aldehydes is 1. The number of fused-ring (bicyclic) bond motifs is 1. The molecule has 1 heterocycles. The SMILES string of the molecule is O=Cc1c[nH]c2ccc(-c3cc(CCC(=O)O)ccc3OCC3CCCC3)cc12. The number of hydrogen-bond acceptors (Lipinski definition) is 3. The van der Waals surface area contributed by atoms with Gasteiger partial charge in [-0.15, -0.1) is 0 Å². The standard InChI is InChI=1S/C24H25NO4/c26-14-19-13-25-22-8-7-18(12-20(19)22)21-11-16(6-10-24(27)28)5-9-23(21)29-15-17-3-1-2-4-17/h5,7-9,11-14,17,25H,1-4,6,10,15H2,(H,27,28). The second kappa shape index (κ2) is 8.52. The van der Waals surface area contributed by atoms with Gasteiger partial charge in [0.1, 0.15) is 5.75 Å². The van der Waals surface area contributed by atoms with Crippen LogP contribution in [0.25, 0.3) is 22.0 Å². The molecule has 0 bridgehead atoms. The number of carbonyl (C=O) groups excluding carboxylic acids is 1. The van der Waals surface area contributed by atoms with E-state index < -0.39 is 5.97 Å². The summed E-state index contributed by atoms with van der Waals surface area (Å²) in [4.78, 5) is 25.4. The third-order valence-electron chi connectivity index (χ3n) is 5.77. The number of nitrogens with one attached hydrogen (secondary N) is 1. The Bertz CT molecular complexity index is 1030. The minimum absolute atomic E-state index is 0.0911. The molecular weight excluding hydrogens is 366 g/mol. The van der Waals surface area contributed by atoms with Crippen molar-refractivity contribution in [3.8, 4) is 16.9 Å². The average molecular weight is 391 g/mol. The molecule has 1 aliphatic carbocycles. The van der Waals surface area contributed by atoms with Crippen molar-refractivity contribution >= 4 is 23.2 Å². The van der Waals surface area contributed by atoms with Gasteiger partial charge in [-0.1, -0.05) is 25.0 Å². The summed E-state index contributed by atoms with van der Waals surface area (Å²) in [5.41, 5.74) is 4.38. The summed E-state index contributed by atoms with van der Waals surface area (Å²) in [7, 11) is 0. The number of rotatable bonds is 8. The number of H-pyrrole nitrogens is 1. The van der Waals surface area contributed by atoms with E-state index in [0.29, 0.717) is 24.5 Å². The number of carbonyl (C=O) groups is 2. The molecule has 0 aliphatic heterocycles. The molecule has 5 nitrogen and oxygen atoms in total. The van der Waals surface area contributed by atoms with E-state index in [-0.39, 0.29) is 6.42 Å². The molecule has 1 aliphatic rings. The van der Waals surface area contributed by atoms with E-state index in [1.54, 1.807) is 6.20 Å². The molecule has 150 valence electrons. The molecule has 1 saturated carbocycles. The summed E-state index contributed by atoms with van der Waals surface area (Å²) in [6.07, 6.45) is 8.09. The second-order valence-electron chi connectivity index (χ2n) is 7.81. The molecule has 0 unspecified atom stereocenters. The van der Waals surface area contributed by atoms with Crippen LogP contribution in [0, 0.1) is 5.92 Å². The van der Waals surface area contributed by atoms with Crippen LogP contribution in [0.4, 0.5) is 0 Å². The van der Waals surface area contributed by atoms with Gasteiger partial charge in [-0.2, -0.15) is 0 Å². The zero-order valence-electron chi connectivity index (χ0n) is 16.3. The van der Waals surface area contributed by atoms with E-state index in [9.17, 15) is 9.59 Å². The highest BCUT2D eigenvalue weighted by Crippen LogP contribution is 2.35. The van der Waals surface area contributed by atoms with Crippen molar-refractivity contribution in [1.82, 2.24) is 4.98 Å². The Balaban J connectivity index is 1.69. The van der Waals surface area contributed by atoms with Crippen LogP contribution in [0.5, 0.6) is 5.75 Å². The molecule has 4 rings (SSSR count). The van der Waals surface area contributed by atoms with Gasteiger partial charge >= 0.3 is 5.97 Å². The molecule has 0 amide bonds. The van der Waals surface area contributed by atoms with Gasteiger partial charge in [-0.05, 0) is 60.6 Å². The lowest BCUT2D eigenvalue weighted by atomic mass is 9.98. The molecule has 0 saturated heterocycles. The van der Waals surface area contributed by atoms with Crippen molar-refractivity contribution in [2.45, 2.75) is 38.5 Å². The smallest absolute Gasteiger partial charge is 0.303 e. The first-order chi connectivity index (χ1) is 14.1. The fourth-order valence-corrected chi connectivity index (χ4v) is 4.13. The first-order valence-corrected chi connectivity index (χ1v) is 10.2. The summed E-state index contributed by atoms with van der Waals surface area (Å²) in [6.45, 7) is 0.702. The van der Waals surface area contributed by atoms with Gasteiger partial charge < -0.3 is 14.8 Å². The average Bonchev–Trinajstić information content (AvgIpc) is 3.40. The van der Waals surface area contributed by atoms with E-state index in [2.05, 4.69) is 4.98 Å². The quantitative estimate of drug-likeness (QED) is 0.515. The zero-order chi connectivity index (χ0) is 20.2. The van der Waals surface area contributed by atoms with Gasteiger partial charge in [-0.25, -0.2) is 0 Å². The van der Waals surface area contributed by atoms with Crippen molar-refractivity contribution < 1.29 is 19.4 Å². The van der Waals surface area contributed by atoms with Crippen LogP contribution >= 0.6 is 0 Å². The summed E-state index contributed by atoms with van der Waals surface area (Å²) < 4.78 is 6.21. The van der Waals surface area contributed by atoms with Crippen molar-refractivity contribution in [2.75, 3.05) is 6.61 Å². The van der Waals surface area contributed by atoms with Crippen molar-refractivity contribution in [1.29, 1.82) is 0 Å². The minimum atomic E-state index is -0.808. The maximum Gasteiger partial charge on any atom is 0.303 e. The molecule has 3 aromatic rings. The number of carboxylic acid groups (broad SMARTS) is 1. The summed E-state index contributed by atoms with van der Waals surface area (Å²) in [6, 6.07) is 11.9. The molecule has 0 atom stereocenters. The van der Waals surface area contributed by atoms with Gasteiger partial charge in [0.05, 0.1) is 6.61 Å². The van der Waals surface area contributed by atoms with Crippen molar-refractivity contribution in [3.63, 3.8) is 0 Å². The van der Waals surface area contributed by atoms with Gasteiger partial charge in [0.2, 0.25) is 0 Å². The molecule has 1 aromatic heterocycles. The van der Waals surface area contributed by atoms with Crippen molar-refractivity contribution in [3.05, 3.63) is 53.7 Å². The highest BCUT2D eigenvalue weighted by atomic mass is 16.5. The predicted molar refractivity (Wildman–Crippen MR) is 113 cm³/mol. The monoisotopic (exact) mass is 391 g/mol. The first-order valence-electron chi connectivity index (χ1n) is 10.2. The van der Waals surface area contributed by atoms with E-state index in [0.717, 1.165) is 39.6 Å². The maximum atomic E-state index is 11.3. The molecule has 0 spiro atoms. The third kappa shape index (κ3) is 4.34. The fraction of sp³-hybridized carbons (Fsp3) is 0.333. The molecular formula is C24H25NO4. The lowest BCUT2D eigenvalue weighted by molar-refractivity contribution is -0.136. The number of aromatic nitrogens is 1. The van der Waals surface area contributed by atoms with Crippen LogP contribution in [-0.2, 0) is 11.2 Å². The number of ether oxygens (including phenoxy) is 1. The van der Waals surface area contributed by atoms with E-state index in [1.807, 2.05) is 36.4 Å². The highest BCUT2D eigenvalue weighted by molar-refractivity contribution is 5.99. The highest BCUT2D eigenvalue weighted by Gasteiger charge is 2.17. The predicted octanol–water partition coefficient (Wildman–Crippen LogP) is 5.23. The lowest BCUT2D eigenvalue weighted by Gasteiger charge is -2.16. The van der Waals surface area contributed by atoms with Gasteiger partial charge in [0, 0.05) is 34.6 Å². The Hall–Kier alpha value is -3.08. The minimum Gasteiger partial charge on any atom is -0.493 e. The largest absolute Gasteiger partial charge is 0.493 e. The zero-order valence-corrected chi connectivity index (χ0v) is 16.3. The molecule has 2 N–H and O–H groups in total. The van der Waals surface area contributed by atoms with Gasteiger partial charge in [0.25, 0.3) is 0 Å². The Morgan fingerprint density at radius 2 is 2.00 bits per heavy atom. The Kier molecular flexibility index (Phi) is 5.65. The van der Waals surface area contributed by atoms with Crippen LogP contribution in [0.1, 0.15) is 48.0 Å². The maximum absolute atomic E-state index is 11.3.